The molecule has 1 N–H and O–H groups in total. The minimum absolute atomic E-state index is 0.120. The van der Waals surface area contributed by atoms with Gasteiger partial charge in [0.1, 0.15) is 11.4 Å². The van der Waals surface area contributed by atoms with Crippen molar-refractivity contribution >= 4 is 11.7 Å². The summed E-state index contributed by atoms with van der Waals surface area (Å²) in [5.74, 6) is 0.474. The Morgan fingerprint density at radius 3 is 3.04 bits per heavy atom. The fraction of sp³-hybridized carbons (Fsp3) is 0.722. The molecule has 1 saturated carbocycles. The number of Topliss-reactive ketones (excluding diaryl/α,β-unsaturated/α-hetero) is 1. The second kappa shape index (κ2) is 6.53. The zero-order chi connectivity index (χ0) is 17.4. The highest BCUT2D eigenvalue weighted by atomic mass is 16.6. The second-order valence-electron chi connectivity index (χ2n) is 7.65. The Labute approximate surface area is 147 Å². The number of aromatic amines is 1. The van der Waals surface area contributed by atoms with Gasteiger partial charge in [0.05, 0.1) is 24.9 Å². The Morgan fingerprint density at radius 2 is 2.32 bits per heavy atom. The van der Waals surface area contributed by atoms with Gasteiger partial charge in [0.2, 0.25) is 0 Å². The van der Waals surface area contributed by atoms with E-state index in [-0.39, 0.29) is 23.4 Å². The summed E-state index contributed by atoms with van der Waals surface area (Å²) < 4.78 is 12.1. The largest absolute Gasteiger partial charge is 0.375 e. The summed E-state index contributed by atoms with van der Waals surface area (Å²) in [5, 5.41) is 6.59. The number of ketones is 1. The topological polar surface area (TPSA) is 84.5 Å². The maximum Gasteiger partial charge on any atom is 0.271 e. The Bertz CT molecular complexity index is 669. The van der Waals surface area contributed by atoms with E-state index in [1.165, 1.54) is 25.8 Å². The predicted molar refractivity (Wildman–Crippen MR) is 89.5 cm³/mol. The van der Waals surface area contributed by atoms with Crippen LogP contribution in [-0.4, -0.2) is 64.8 Å². The van der Waals surface area contributed by atoms with E-state index in [0.29, 0.717) is 31.1 Å². The third-order valence-corrected chi connectivity index (χ3v) is 5.44. The van der Waals surface area contributed by atoms with Crippen LogP contribution in [-0.2, 0) is 9.47 Å². The van der Waals surface area contributed by atoms with Gasteiger partial charge in [-0.25, -0.2) is 0 Å². The normalized spacial score (nSPS) is 29.3. The van der Waals surface area contributed by atoms with Crippen molar-refractivity contribution in [2.45, 2.75) is 50.7 Å². The average Bonchev–Trinajstić information content (AvgIpc) is 3.15. The van der Waals surface area contributed by atoms with Gasteiger partial charge in [-0.05, 0) is 37.7 Å². The number of piperidine rings is 1. The summed E-state index contributed by atoms with van der Waals surface area (Å²) in [4.78, 5) is 25.9. The van der Waals surface area contributed by atoms with Gasteiger partial charge in [0, 0.05) is 26.5 Å². The Kier molecular flexibility index (Phi) is 4.37. The van der Waals surface area contributed by atoms with Gasteiger partial charge in [-0.2, -0.15) is 5.10 Å². The highest BCUT2D eigenvalue weighted by molar-refractivity contribution is 5.97. The van der Waals surface area contributed by atoms with Gasteiger partial charge in [0.25, 0.3) is 5.91 Å². The van der Waals surface area contributed by atoms with Gasteiger partial charge >= 0.3 is 0 Å². The molecule has 3 heterocycles. The number of ether oxygens (including phenoxy) is 2. The Balaban J connectivity index is 1.38. The van der Waals surface area contributed by atoms with Crippen molar-refractivity contribution in [3.63, 3.8) is 0 Å². The molecule has 4 rings (SSSR count). The van der Waals surface area contributed by atoms with Crippen LogP contribution in [0.1, 0.15) is 60.0 Å². The van der Waals surface area contributed by atoms with Crippen LogP contribution >= 0.6 is 0 Å². The number of carbonyl (C=O) groups is 2. The lowest BCUT2D eigenvalue weighted by atomic mass is 9.89. The van der Waals surface area contributed by atoms with E-state index in [1.807, 2.05) is 4.90 Å². The number of nitrogens with zero attached hydrogens (tertiary/aromatic N) is 2. The van der Waals surface area contributed by atoms with Gasteiger partial charge in [-0.3, -0.25) is 14.7 Å². The molecule has 1 spiro atoms. The summed E-state index contributed by atoms with van der Waals surface area (Å²) in [6, 6.07) is 1.53. The van der Waals surface area contributed by atoms with E-state index < -0.39 is 0 Å². The minimum Gasteiger partial charge on any atom is -0.375 e. The summed E-state index contributed by atoms with van der Waals surface area (Å²) in [7, 11) is 0. The first kappa shape index (κ1) is 16.7. The second-order valence-corrected chi connectivity index (χ2v) is 7.65. The molecule has 0 bridgehead atoms. The van der Waals surface area contributed by atoms with E-state index in [2.05, 4.69) is 10.2 Å². The van der Waals surface area contributed by atoms with Gasteiger partial charge < -0.3 is 14.4 Å². The molecule has 0 aromatic carbocycles. The summed E-state index contributed by atoms with van der Waals surface area (Å²) in [6.07, 6.45) is 5.44. The van der Waals surface area contributed by atoms with E-state index >= 15 is 0 Å². The van der Waals surface area contributed by atoms with Crippen LogP contribution in [0.4, 0.5) is 0 Å². The number of hydrogen-bond donors (Lipinski definition) is 1. The van der Waals surface area contributed by atoms with Crippen molar-refractivity contribution in [1.29, 1.82) is 0 Å². The van der Waals surface area contributed by atoms with Crippen molar-refractivity contribution in [3.05, 3.63) is 17.5 Å². The molecule has 1 aromatic heterocycles. The van der Waals surface area contributed by atoms with Crippen LogP contribution in [0.25, 0.3) is 0 Å². The zero-order valence-electron chi connectivity index (χ0n) is 14.6. The molecule has 2 aliphatic heterocycles. The standard InChI is InChI=1S/C18H25N3O4/c1-12(22)15-7-16(20-19-15)17(23)21-6-2-5-18(11-21)8-14(10-25-18)24-9-13-3-4-13/h7,13-14H,2-6,8-11H2,1H3,(H,19,20)/t14-,18-/m1/s1. The fourth-order valence-electron chi connectivity index (χ4n) is 3.80. The zero-order valence-corrected chi connectivity index (χ0v) is 14.6. The van der Waals surface area contributed by atoms with Crippen molar-refractivity contribution in [1.82, 2.24) is 15.1 Å². The lowest BCUT2D eigenvalue weighted by Gasteiger charge is -2.39. The van der Waals surface area contributed by atoms with E-state index in [0.717, 1.165) is 31.8 Å². The Morgan fingerprint density at radius 1 is 1.48 bits per heavy atom. The average molecular weight is 347 g/mol. The van der Waals surface area contributed by atoms with Crippen molar-refractivity contribution < 1.29 is 19.1 Å². The third-order valence-electron chi connectivity index (χ3n) is 5.44. The van der Waals surface area contributed by atoms with Crippen LogP contribution in [0.15, 0.2) is 6.07 Å². The number of amides is 1. The quantitative estimate of drug-likeness (QED) is 0.821. The number of aromatic nitrogens is 2. The van der Waals surface area contributed by atoms with Gasteiger partial charge in [0.15, 0.2) is 5.78 Å². The molecule has 0 radical (unpaired) electrons. The van der Waals surface area contributed by atoms with Gasteiger partial charge in [-0.15, -0.1) is 0 Å². The Hall–Kier alpha value is -1.73. The minimum atomic E-state index is -0.286. The summed E-state index contributed by atoms with van der Waals surface area (Å²) in [5.41, 5.74) is 0.369. The van der Waals surface area contributed by atoms with Crippen LogP contribution < -0.4 is 0 Å². The summed E-state index contributed by atoms with van der Waals surface area (Å²) >= 11 is 0. The maximum atomic E-state index is 12.7. The van der Waals surface area contributed by atoms with Crippen LogP contribution in [0.5, 0.6) is 0 Å². The molecule has 3 aliphatic rings. The number of H-pyrrole nitrogens is 1. The predicted octanol–water partition coefficient (Wildman–Crippen LogP) is 1.80. The van der Waals surface area contributed by atoms with Crippen LogP contribution in [0, 0.1) is 5.92 Å². The number of likely N-dealkylation sites (tertiary alicyclic amines) is 1. The molecular formula is C18H25N3O4. The van der Waals surface area contributed by atoms with Gasteiger partial charge in [-0.1, -0.05) is 0 Å². The van der Waals surface area contributed by atoms with E-state index in [1.54, 1.807) is 0 Å². The lowest BCUT2D eigenvalue weighted by Crippen LogP contribution is -2.50. The summed E-state index contributed by atoms with van der Waals surface area (Å²) in [6.45, 7) is 4.17. The van der Waals surface area contributed by atoms with E-state index in [4.69, 9.17) is 9.47 Å². The molecule has 2 atom stereocenters. The monoisotopic (exact) mass is 347 g/mol. The van der Waals surface area contributed by atoms with Crippen molar-refractivity contribution in [2.75, 3.05) is 26.3 Å². The highest BCUT2D eigenvalue weighted by Gasteiger charge is 2.45. The molecule has 3 fully saturated rings. The van der Waals surface area contributed by atoms with Crippen LogP contribution in [0.2, 0.25) is 0 Å². The molecule has 2 saturated heterocycles. The molecule has 7 nitrogen and oxygen atoms in total. The molecule has 136 valence electrons. The smallest absolute Gasteiger partial charge is 0.271 e. The number of carbonyl (C=O) groups excluding carboxylic acids is 2. The SMILES string of the molecule is CC(=O)c1cc(C(=O)N2CCC[C@@]3(C[C@@H](OCC4CC4)CO3)C2)[nH]n1. The molecule has 7 heteroatoms. The highest BCUT2D eigenvalue weighted by Crippen LogP contribution is 2.37. The molecular weight excluding hydrogens is 322 g/mol. The van der Waals surface area contributed by atoms with Crippen LogP contribution in [0.3, 0.4) is 0 Å². The first-order valence-corrected chi connectivity index (χ1v) is 9.16. The number of hydrogen-bond acceptors (Lipinski definition) is 5. The number of rotatable bonds is 5. The molecule has 25 heavy (non-hydrogen) atoms. The number of nitrogens with one attached hydrogen (secondary N) is 1. The fourth-order valence-corrected chi connectivity index (χ4v) is 3.80. The maximum absolute atomic E-state index is 12.7. The third kappa shape index (κ3) is 3.62. The first-order valence-electron chi connectivity index (χ1n) is 9.16. The van der Waals surface area contributed by atoms with Crippen molar-refractivity contribution in [3.8, 4) is 0 Å². The molecule has 1 aliphatic carbocycles. The molecule has 1 amide bonds. The molecule has 0 unspecified atom stereocenters. The lowest BCUT2D eigenvalue weighted by molar-refractivity contribution is -0.0466. The van der Waals surface area contributed by atoms with Crippen molar-refractivity contribution in [2.24, 2.45) is 5.92 Å². The first-order chi connectivity index (χ1) is 12.0. The molecule has 1 aromatic rings. The van der Waals surface area contributed by atoms with E-state index in [9.17, 15) is 9.59 Å².